The van der Waals surface area contributed by atoms with Crippen LogP contribution < -0.4 is 9.47 Å². The Hall–Kier alpha value is -1.79. The minimum absolute atomic E-state index is 0.0760. The second-order valence-corrected chi connectivity index (χ2v) is 8.84. The molecule has 2 aromatic carbocycles. The molecular weight excluding hydrogens is 404 g/mol. The summed E-state index contributed by atoms with van der Waals surface area (Å²) in [7, 11) is 0. The molecule has 5 rings (SSSR count). The van der Waals surface area contributed by atoms with Gasteiger partial charge in [0, 0.05) is 17.9 Å². The molecule has 0 aromatic heterocycles. The van der Waals surface area contributed by atoms with Crippen LogP contribution in [0, 0.1) is 0 Å². The third-order valence-corrected chi connectivity index (χ3v) is 6.84. The molecule has 3 unspecified atom stereocenters. The van der Waals surface area contributed by atoms with Crippen molar-refractivity contribution in [3.63, 3.8) is 0 Å². The van der Waals surface area contributed by atoms with Gasteiger partial charge in [-0.3, -0.25) is 0 Å². The van der Waals surface area contributed by atoms with E-state index >= 15 is 0 Å². The average molecular weight is 431 g/mol. The highest BCUT2D eigenvalue weighted by molar-refractivity contribution is 6.32. The first-order valence-electron chi connectivity index (χ1n) is 10.8. The molecule has 1 aliphatic carbocycles. The van der Waals surface area contributed by atoms with E-state index in [-0.39, 0.29) is 18.8 Å². The van der Waals surface area contributed by atoms with Crippen molar-refractivity contribution in [1.82, 2.24) is 0 Å². The maximum atomic E-state index is 10.3. The van der Waals surface area contributed by atoms with E-state index < -0.39 is 6.10 Å². The molecule has 0 radical (unpaired) electrons. The summed E-state index contributed by atoms with van der Waals surface area (Å²) < 4.78 is 17.5. The molecule has 2 heterocycles. The Morgan fingerprint density at radius 1 is 1.00 bits per heavy atom. The number of fused-ring (bicyclic) bond motifs is 2. The minimum atomic E-state index is -0.463. The van der Waals surface area contributed by atoms with Crippen LogP contribution in [0.1, 0.15) is 53.2 Å². The van der Waals surface area contributed by atoms with Gasteiger partial charge in [0.1, 0.15) is 13.2 Å². The van der Waals surface area contributed by atoms with Crippen molar-refractivity contribution in [1.29, 1.82) is 0 Å². The molecule has 2 N–H and O–H groups in total. The lowest BCUT2D eigenvalue weighted by Crippen LogP contribution is -2.34. The predicted octanol–water partition coefficient (Wildman–Crippen LogP) is 3.76. The fourth-order valence-corrected chi connectivity index (χ4v) is 5.31. The monoisotopic (exact) mass is 430 g/mol. The molecule has 0 amide bonds. The van der Waals surface area contributed by atoms with Crippen LogP contribution in [0.25, 0.3) is 0 Å². The smallest absolute Gasteiger partial charge is 0.161 e. The summed E-state index contributed by atoms with van der Waals surface area (Å²) in [6, 6.07) is 8.19. The van der Waals surface area contributed by atoms with Gasteiger partial charge in [-0.15, -0.1) is 0 Å². The van der Waals surface area contributed by atoms with Crippen LogP contribution in [0.15, 0.2) is 24.3 Å². The molecular formula is C24H27ClO5. The lowest BCUT2D eigenvalue weighted by Gasteiger charge is -2.34. The number of aliphatic hydroxyl groups is 2. The largest absolute Gasteiger partial charge is 0.486 e. The van der Waals surface area contributed by atoms with E-state index in [0.717, 1.165) is 52.5 Å². The lowest BCUT2D eigenvalue weighted by atomic mass is 9.89. The summed E-state index contributed by atoms with van der Waals surface area (Å²) >= 11 is 6.86. The van der Waals surface area contributed by atoms with Crippen molar-refractivity contribution in [2.75, 3.05) is 19.8 Å². The molecule has 3 atom stereocenters. The highest BCUT2D eigenvalue weighted by Gasteiger charge is 2.33. The second-order valence-electron chi connectivity index (χ2n) is 8.46. The first-order chi connectivity index (χ1) is 14.6. The molecule has 2 aliphatic heterocycles. The highest BCUT2D eigenvalue weighted by atomic mass is 35.5. The van der Waals surface area contributed by atoms with Gasteiger partial charge in [0.05, 0.1) is 24.9 Å². The molecule has 30 heavy (non-hydrogen) atoms. The summed E-state index contributed by atoms with van der Waals surface area (Å²) in [5, 5.41) is 20.7. The maximum absolute atomic E-state index is 10.3. The second kappa shape index (κ2) is 8.39. The van der Waals surface area contributed by atoms with Gasteiger partial charge in [-0.1, -0.05) is 23.7 Å². The summed E-state index contributed by atoms with van der Waals surface area (Å²) in [6.07, 6.45) is 3.74. The van der Waals surface area contributed by atoms with Crippen LogP contribution in [-0.2, 0) is 24.0 Å². The molecule has 0 saturated carbocycles. The molecule has 6 heteroatoms. The van der Waals surface area contributed by atoms with Crippen LogP contribution in [0.5, 0.6) is 11.5 Å². The number of ether oxygens (including phenoxy) is 3. The van der Waals surface area contributed by atoms with E-state index in [1.807, 2.05) is 12.1 Å². The Balaban J connectivity index is 1.49. The van der Waals surface area contributed by atoms with Gasteiger partial charge in [0.2, 0.25) is 0 Å². The van der Waals surface area contributed by atoms with Crippen molar-refractivity contribution in [3.8, 4) is 11.5 Å². The third kappa shape index (κ3) is 3.80. The van der Waals surface area contributed by atoms with Crippen molar-refractivity contribution in [3.05, 3.63) is 57.1 Å². The van der Waals surface area contributed by atoms with Gasteiger partial charge in [0.15, 0.2) is 11.5 Å². The van der Waals surface area contributed by atoms with Gasteiger partial charge in [-0.25, -0.2) is 0 Å². The molecule has 5 nitrogen and oxygen atoms in total. The van der Waals surface area contributed by atoms with Crippen molar-refractivity contribution < 1.29 is 24.4 Å². The van der Waals surface area contributed by atoms with E-state index in [1.165, 1.54) is 11.1 Å². The Bertz CT molecular complexity index is 944. The summed E-state index contributed by atoms with van der Waals surface area (Å²) in [5.41, 5.74) is 5.78. The average Bonchev–Trinajstić information content (AvgIpc) is 3.25. The van der Waals surface area contributed by atoms with Gasteiger partial charge < -0.3 is 24.4 Å². The summed E-state index contributed by atoms with van der Waals surface area (Å²) in [5.74, 6) is 1.56. The molecule has 1 saturated heterocycles. The van der Waals surface area contributed by atoms with Gasteiger partial charge in [-0.05, 0) is 65.6 Å². The van der Waals surface area contributed by atoms with Crippen LogP contribution in [0.4, 0.5) is 0 Å². The molecule has 0 bridgehead atoms. The zero-order chi connectivity index (χ0) is 20.7. The Morgan fingerprint density at radius 3 is 2.63 bits per heavy atom. The van der Waals surface area contributed by atoms with E-state index in [0.29, 0.717) is 32.5 Å². The topological polar surface area (TPSA) is 68.2 Å². The molecule has 0 spiro atoms. The summed E-state index contributed by atoms with van der Waals surface area (Å²) in [6.45, 7) is 1.06. The van der Waals surface area contributed by atoms with Crippen molar-refractivity contribution in [2.24, 2.45) is 0 Å². The number of hydrogen-bond acceptors (Lipinski definition) is 5. The lowest BCUT2D eigenvalue weighted by molar-refractivity contribution is -0.114. The predicted molar refractivity (Wildman–Crippen MR) is 114 cm³/mol. The third-order valence-electron chi connectivity index (χ3n) is 6.37. The standard InChI is InChI=1S/C24H27ClO5/c25-24-15(8-14-4-5-21-23(9-14)29-7-6-28-21)10-20(18-2-1-3-19(18)24)22-12-16(27)11-17(13-26)30-22/h4-5,9-10,16-17,22,26-27H,1-3,6-8,11-13H2. The zero-order valence-electron chi connectivity index (χ0n) is 16.9. The Morgan fingerprint density at radius 2 is 1.80 bits per heavy atom. The highest BCUT2D eigenvalue weighted by Crippen LogP contribution is 2.42. The minimum Gasteiger partial charge on any atom is -0.486 e. The Kier molecular flexibility index (Phi) is 5.63. The van der Waals surface area contributed by atoms with E-state index in [4.69, 9.17) is 25.8 Å². The van der Waals surface area contributed by atoms with Crippen LogP contribution in [0.2, 0.25) is 5.02 Å². The normalized spacial score (nSPS) is 25.2. The molecule has 3 aliphatic rings. The summed E-state index contributed by atoms with van der Waals surface area (Å²) in [4.78, 5) is 0. The zero-order valence-corrected chi connectivity index (χ0v) is 17.7. The number of aliphatic hydroxyl groups excluding tert-OH is 2. The number of halogens is 1. The number of rotatable bonds is 4. The number of benzene rings is 2. The van der Waals surface area contributed by atoms with Gasteiger partial charge in [0.25, 0.3) is 0 Å². The van der Waals surface area contributed by atoms with Gasteiger partial charge >= 0.3 is 0 Å². The Labute approximate surface area is 181 Å². The first kappa shape index (κ1) is 20.1. The quantitative estimate of drug-likeness (QED) is 0.772. The van der Waals surface area contributed by atoms with Crippen LogP contribution in [-0.4, -0.2) is 42.2 Å². The first-order valence-corrected chi connectivity index (χ1v) is 11.2. The van der Waals surface area contributed by atoms with E-state index in [1.54, 1.807) is 0 Å². The van der Waals surface area contributed by atoms with Crippen LogP contribution in [0.3, 0.4) is 0 Å². The van der Waals surface area contributed by atoms with Crippen molar-refractivity contribution >= 4 is 11.6 Å². The maximum Gasteiger partial charge on any atom is 0.161 e. The fraction of sp³-hybridized carbons (Fsp3) is 0.500. The van der Waals surface area contributed by atoms with E-state index in [2.05, 4.69) is 12.1 Å². The number of hydrogen-bond donors (Lipinski definition) is 2. The van der Waals surface area contributed by atoms with E-state index in [9.17, 15) is 10.2 Å². The molecule has 1 fully saturated rings. The van der Waals surface area contributed by atoms with Crippen LogP contribution >= 0.6 is 11.6 Å². The SMILES string of the molecule is OCC1CC(O)CC(c2cc(Cc3ccc4c(c3)OCCO4)c(Cl)c3c2CCC3)O1. The van der Waals surface area contributed by atoms with Gasteiger partial charge in [-0.2, -0.15) is 0 Å². The van der Waals surface area contributed by atoms with Crippen molar-refractivity contribution in [2.45, 2.75) is 56.8 Å². The fourth-order valence-electron chi connectivity index (χ4n) is 4.98. The molecule has 2 aromatic rings. The molecule has 160 valence electrons.